The van der Waals surface area contributed by atoms with Crippen molar-refractivity contribution < 1.29 is 0 Å². The minimum Gasteiger partial charge on any atom is -0.278 e. The van der Waals surface area contributed by atoms with Gasteiger partial charge in [0.15, 0.2) is 0 Å². The van der Waals surface area contributed by atoms with Gasteiger partial charge in [0.25, 0.3) is 5.56 Å². The number of halogens is 2. The second kappa shape index (κ2) is 10.5. The topological polar surface area (TPSA) is 74.2 Å². The molecule has 0 saturated heterocycles. The average molecular weight is 488 g/mol. The van der Waals surface area contributed by atoms with Crippen molar-refractivity contribution in [2.24, 2.45) is 4.99 Å². The number of nitrogens with zero attached hydrogens (tertiary/aromatic N) is 5. The third-order valence-electron chi connectivity index (χ3n) is 5.85. The summed E-state index contributed by atoms with van der Waals surface area (Å²) in [5.74, 6) is 0.434. The van der Waals surface area contributed by atoms with E-state index in [4.69, 9.17) is 23.2 Å². The molecule has 0 unspecified atom stereocenters. The second-order valence-corrected chi connectivity index (χ2v) is 9.15. The van der Waals surface area contributed by atoms with E-state index in [1.165, 1.54) is 4.57 Å². The van der Waals surface area contributed by atoms with Crippen LogP contribution in [0.3, 0.4) is 0 Å². The molecule has 0 saturated carbocycles. The number of aryl methyl sites for hydroxylation is 1. The molecule has 2 aromatic heterocycles. The fraction of sp³-hybridized carbons (Fsp3) is 0.417. The Morgan fingerprint density at radius 3 is 2.61 bits per heavy atom. The van der Waals surface area contributed by atoms with Gasteiger partial charge in [0, 0.05) is 30.7 Å². The van der Waals surface area contributed by atoms with Crippen molar-refractivity contribution in [2.75, 3.05) is 0 Å². The first-order valence-corrected chi connectivity index (χ1v) is 12.1. The molecule has 0 aliphatic carbocycles. The van der Waals surface area contributed by atoms with Gasteiger partial charge in [-0.1, -0.05) is 61.2 Å². The van der Waals surface area contributed by atoms with Crippen molar-refractivity contribution in [3.63, 3.8) is 0 Å². The first-order chi connectivity index (χ1) is 16.0. The summed E-state index contributed by atoms with van der Waals surface area (Å²) in [5, 5.41) is 5.49. The summed E-state index contributed by atoms with van der Waals surface area (Å²) >= 11 is 12.4. The van der Waals surface area contributed by atoms with E-state index in [2.05, 4.69) is 17.0 Å². The van der Waals surface area contributed by atoms with Crippen molar-refractivity contribution in [2.45, 2.75) is 65.1 Å². The molecule has 0 N–H and O–H groups in total. The zero-order valence-corrected chi connectivity index (χ0v) is 20.1. The largest absolute Gasteiger partial charge is 0.332 e. The van der Waals surface area contributed by atoms with Crippen molar-refractivity contribution in [3.8, 4) is 0 Å². The fourth-order valence-corrected chi connectivity index (χ4v) is 4.52. The predicted molar refractivity (Wildman–Crippen MR) is 132 cm³/mol. The molecule has 174 valence electrons. The molecule has 0 bridgehead atoms. The molecule has 0 amide bonds. The minimum absolute atomic E-state index is 0.282. The lowest BCUT2D eigenvalue weighted by Gasteiger charge is -2.14. The van der Waals surface area contributed by atoms with Gasteiger partial charge in [0.05, 0.1) is 18.3 Å². The molecule has 0 fully saturated rings. The van der Waals surface area contributed by atoms with Crippen molar-refractivity contribution in [1.29, 1.82) is 0 Å². The smallest absolute Gasteiger partial charge is 0.278 e. The van der Waals surface area contributed by atoms with Crippen LogP contribution in [0.25, 0.3) is 0 Å². The summed E-state index contributed by atoms with van der Waals surface area (Å²) < 4.78 is 4.80. The molecule has 1 aromatic carbocycles. The number of benzene rings is 1. The van der Waals surface area contributed by atoms with E-state index < -0.39 is 0 Å². The predicted octanol–water partition coefficient (Wildman–Crippen LogP) is 4.56. The monoisotopic (exact) mass is 487 g/mol. The minimum atomic E-state index is -0.306. The van der Waals surface area contributed by atoms with Crippen LogP contribution in [0.5, 0.6) is 0 Å². The van der Waals surface area contributed by atoms with Crippen LogP contribution in [0.2, 0.25) is 5.02 Å². The summed E-state index contributed by atoms with van der Waals surface area (Å²) in [6.45, 7) is 3.58. The van der Waals surface area contributed by atoms with Gasteiger partial charge in [-0.2, -0.15) is 5.10 Å². The Morgan fingerprint density at radius 1 is 1.03 bits per heavy atom. The van der Waals surface area contributed by atoms with Crippen LogP contribution >= 0.6 is 23.2 Å². The highest BCUT2D eigenvalue weighted by atomic mass is 35.5. The van der Waals surface area contributed by atoms with Gasteiger partial charge in [-0.3, -0.25) is 18.6 Å². The first-order valence-electron chi connectivity index (χ1n) is 11.3. The lowest BCUT2D eigenvalue weighted by Crippen LogP contribution is -2.41. The van der Waals surface area contributed by atoms with Crippen LogP contribution in [0.1, 0.15) is 49.3 Å². The maximum absolute atomic E-state index is 13.1. The molecule has 0 radical (unpaired) electrons. The standard InChI is InChI=1S/C24H27Cl2N5O2/c1-2-3-6-11-30-22-19(13-21(26)28-22)23(32)31(24(30)33)12-7-8-17-14-27-29(15-17)16-18-9-4-5-10-20(18)25/h4-5,9-10,14-15H,2-3,6-8,11-13,16H2,1H3. The molecule has 7 nitrogen and oxygen atoms in total. The van der Waals surface area contributed by atoms with Crippen molar-refractivity contribution in [1.82, 2.24) is 18.9 Å². The lowest BCUT2D eigenvalue weighted by molar-refractivity contribution is 0.513. The third-order valence-corrected chi connectivity index (χ3v) is 6.44. The Kier molecular flexibility index (Phi) is 7.50. The highest BCUT2D eigenvalue weighted by Gasteiger charge is 2.24. The Morgan fingerprint density at radius 2 is 1.82 bits per heavy atom. The van der Waals surface area contributed by atoms with Crippen LogP contribution in [0, 0.1) is 0 Å². The maximum Gasteiger partial charge on any atom is 0.332 e. The molecule has 1 aliphatic heterocycles. The first kappa shape index (κ1) is 23.5. The number of unbranched alkanes of at least 4 members (excludes halogenated alkanes) is 2. The number of fused-ring (bicyclic) bond motifs is 1. The molecule has 0 spiro atoms. The van der Waals surface area contributed by atoms with E-state index in [0.29, 0.717) is 60.5 Å². The SMILES string of the molecule is CCCCCn1c2c(c(=O)n(CCCc3cnn(Cc4ccccc4Cl)c3)c1=O)CC(Cl)=N2. The number of hydrogen-bond acceptors (Lipinski definition) is 4. The highest BCUT2D eigenvalue weighted by Crippen LogP contribution is 2.24. The normalized spacial score (nSPS) is 12.8. The summed E-state index contributed by atoms with van der Waals surface area (Å²) in [6, 6.07) is 7.70. The summed E-state index contributed by atoms with van der Waals surface area (Å²) in [4.78, 5) is 30.4. The third kappa shape index (κ3) is 5.31. The lowest BCUT2D eigenvalue weighted by atomic mass is 10.2. The number of aromatic nitrogens is 4. The summed E-state index contributed by atoms with van der Waals surface area (Å²) in [5.41, 5.74) is 1.98. The van der Waals surface area contributed by atoms with Crippen LogP contribution < -0.4 is 11.2 Å². The van der Waals surface area contributed by atoms with Gasteiger partial charge >= 0.3 is 5.69 Å². The number of hydrogen-bond donors (Lipinski definition) is 0. The quantitative estimate of drug-likeness (QED) is 0.393. The van der Waals surface area contributed by atoms with Crippen molar-refractivity contribution in [3.05, 3.63) is 79.2 Å². The van der Waals surface area contributed by atoms with Crippen molar-refractivity contribution >= 4 is 34.2 Å². The fourth-order valence-electron chi connectivity index (χ4n) is 4.11. The molecule has 9 heteroatoms. The Labute approximate surface area is 202 Å². The van der Waals surface area contributed by atoms with Crippen LogP contribution in [0.15, 0.2) is 51.2 Å². The molecule has 0 atom stereocenters. The Balaban J connectivity index is 1.46. The van der Waals surface area contributed by atoms with Crippen LogP contribution in [0.4, 0.5) is 5.82 Å². The van der Waals surface area contributed by atoms with Gasteiger partial charge in [0.1, 0.15) is 11.0 Å². The zero-order valence-electron chi connectivity index (χ0n) is 18.6. The van der Waals surface area contributed by atoms with Crippen LogP contribution in [-0.2, 0) is 32.5 Å². The molecule has 4 rings (SSSR count). The van der Waals surface area contributed by atoms with E-state index in [1.54, 1.807) is 4.57 Å². The Hall–Kier alpha value is -2.64. The second-order valence-electron chi connectivity index (χ2n) is 8.31. The van der Waals surface area contributed by atoms with E-state index >= 15 is 0 Å². The average Bonchev–Trinajstić information content (AvgIpc) is 3.41. The van der Waals surface area contributed by atoms with Gasteiger partial charge in [-0.05, 0) is 36.5 Å². The number of aliphatic imine (C=N–C) groups is 1. The molecular weight excluding hydrogens is 461 g/mol. The molecule has 3 heterocycles. The molecular formula is C24H27Cl2N5O2. The number of rotatable bonds is 10. The van der Waals surface area contributed by atoms with Gasteiger partial charge in [-0.25, -0.2) is 9.79 Å². The van der Waals surface area contributed by atoms with E-state index in [0.717, 1.165) is 30.4 Å². The highest BCUT2D eigenvalue weighted by molar-refractivity contribution is 6.66. The molecule has 33 heavy (non-hydrogen) atoms. The molecule has 1 aliphatic rings. The summed E-state index contributed by atoms with van der Waals surface area (Å²) in [7, 11) is 0. The summed E-state index contributed by atoms with van der Waals surface area (Å²) in [6.07, 6.45) is 8.36. The van der Waals surface area contributed by atoms with E-state index in [1.807, 2.05) is 41.3 Å². The van der Waals surface area contributed by atoms with Gasteiger partial charge < -0.3 is 0 Å². The van der Waals surface area contributed by atoms with Gasteiger partial charge in [-0.15, -0.1) is 0 Å². The zero-order chi connectivity index (χ0) is 23.4. The molecule has 3 aromatic rings. The van der Waals surface area contributed by atoms with E-state index in [9.17, 15) is 9.59 Å². The van der Waals surface area contributed by atoms with E-state index in [-0.39, 0.29) is 11.2 Å². The van der Waals surface area contributed by atoms with Crippen LogP contribution in [-0.4, -0.2) is 24.1 Å². The maximum atomic E-state index is 13.1. The Bertz CT molecular complexity index is 1290. The van der Waals surface area contributed by atoms with Gasteiger partial charge in [0.2, 0.25) is 0 Å².